The van der Waals surface area contributed by atoms with Crippen LogP contribution in [0.1, 0.15) is 45.4 Å². The van der Waals surface area contributed by atoms with Crippen LogP contribution in [0.2, 0.25) is 0 Å². The molecule has 1 fully saturated rings. The van der Waals surface area contributed by atoms with Crippen molar-refractivity contribution in [3.8, 4) is 0 Å². The average Bonchev–Trinajstić information content (AvgIpc) is 2.44. The van der Waals surface area contributed by atoms with E-state index < -0.39 is 0 Å². The fourth-order valence-corrected chi connectivity index (χ4v) is 3.00. The number of likely N-dealkylation sites (N-methyl/N-ethyl adjacent to an activating group) is 1. The van der Waals surface area contributed by atoms with Gasteiger partial charge in [0.1, 0.15) is 0 Å². The maximum Gasteiger partial charge on any atom is 0.222 e. The van der Waals surface area contributed by atoms with E-state index in [9.17, 15) is 4.79 Å². The Morgan fingerprint density at radius 3 is 2.15 bits per heavy atom. The van der Waals surface area contributed by atoms with Crippen molar-refractivity contribution in [3.63, 3.8) is 0 Å². The summed E-state index contributed by atoms with van der Waals surface area (Å²) in [6.45, 7) is 5.65. The van der Waals surface area contributed by atoms with Gasteiger partial charge >= 0.3 is 0 Å². The second-order valence-electron chi connectivity index (χ2n) is 6.51. The lowest BCUT2D eigenvalue weighted by molar-refractivity contribution is -0.132. The van der Waals surface area contributed by atoms with Crippen molar-refractivity contribution in [2.75, 3.05) is 40.3 Å². The molecule has 1 amide bonds. The van der Waals surface area contributed by atoms with Crippen molar-refractivity contribution < 1.29 is 4.79 Å². The second kappa shape index (κ2) is 9.35. The summed E-state index contributed by atoms with van der Waals surface area (Å²) in [6, 6.07) is 0. The van der Waals surface area contributed by atoms with E-state index in [4.69, 9.17) is 5.73 Å². The standard InChI is InChI=1S/C16H33N3O/c1-4-9-19(11-10-18(2)3)16(20)12-14-5-7-15(13-17)8-6-14/h14-15H,4-13,17H2,1-3H3. The molecule has 118 valence electrons. The first-order chi connectivity index (χ1) is 9.56. The van der Waals surface area contributed by atoms with Crippen LogP contribution in [0.25, 0.3) is 0 Å². The van der Waals surface area contributed by atoms with E-state index >= 15 is 0 Å². The van der Waals surface area contributed by atoms with Gasteiger partial charge in [0.2, 0.25) is 5.91 Å². The van der Waals surface area contributed by atoms with E-state index in [1.165, 1.54) is 25.7 Å². The van der Waals surface area contributed by atoms with Crippen LogP contribution >= 0.6 is 0 Å². The summed E-state index contributed by atoms with van der Waals surface area (Å²) < 4.78 is 0. The molecule has 0 bridgehead atoms. The highest BCUT2D eigenvalue weighted by Crippen LogP contribution is 2.30. The Morgan fingerprint density at radius 1 is 1.05 bits per heavy atom. The van der Waals surface area contributed by atoms with Crippen LogP contribution < -0.4 is 5.73 Å². The molecule has 0 saturated heterocycles. The van der Waals surface area contributed by atoms with Gasteiger partial charge in [-0.1, -0.05) is 6.92 Å². The van der Waals surface area contributed by atoms with Crippen LogP contribution in [-0.2, 0) is 4.79 Å². The molecule has 1 aliphatic carbocycles. The van der Waals surface area contributed by atoms with Gasteiger partial charge in [-0.05, 0) is 64.6 Å². The third kappa shape index (κ3) is 6.23. The third-order valence-corrected chi connectivity index (χ3v) is 4.43. The number of amides is 1. The van der Waals surface area contributed by atoms with Gasteiger partial charge in [0.25, 0.3) is 0 Å². The number of carbonyl (C=O) groups excluding carboxylic acids is 1. The van der Waals surface area contributed by atoms with E-state index in [-0.39, 0.29) is 0 Å². The van der Waals surface area contributed by atoms with Crippen molar-refractivity contribution in [2.24, 2.45) is 17.6 Å². The fourth-order valence-electron chi connectivity index (χ4n) is 3.00. The Balaban J connectivity index is 2.37. The van der Waals surface area contributed by atoms with Gasteiger partial charge in [0, 0.05) is 26.1 Å². The Bertz CT molecular complexity index is 273. The number of nitrogens with zero attached hydrogens (tertiary/aromatic N) is 2. The molecule has 2 N–H and O–H groups in total. The Hall–Kier alpha value is -0.610. The third-order valence-electron chi connectivity index (χ3n) is 4.43. The zero-order chi connectivity index (χ0) is 15.0. The van der Waals surface area contributed by atoms with Crippen LogP contribution in [0, 0.1) is 11.8 Å². The van der Waals surface area contributed by atoms with E-state index in [1.807, 2.05) is 0 Å². The van der Waals surface area contributed by atoms with E-state index in [2.05, 4.69) is 30.8 Å². The molecule has 0 aromatic carbocycles. The Kier molecular flexibility index (Phi) is 8.15. The highest BCUT2D eigenvalue weighted by molar-refractivity contribution is 5.76. The summed E-state index contributed by atoms with van der Waals surface area (Å²) in [4.78, 5) is 16.6. The first-order valence-corrected chi connectivity index (χ1v) is 8.19. The first kappa shape index (κ1) is 17.4. The molecule has 0 aromatic rings. The van der Waals surface area contributed by atoms with Crippen LogP contribution in [0.3, 0.4) is 0 Å². The highest BCUT2D eigenvalue weighted by atomic mass is 16.2. The summed E-state index contributed by atoms with van der Waals surface area (Å²) in [5.41, 5.74) is 5.73. The molecule has 0 heterocycles. The lowest BCUT2D eigenvalue weighted by Crippen LogP contribution is -2.38. The zero-order valence-electron chi connectivity index (χ0n) is 13.6. The molecule has 4 heteroatoms. The van der Waals surface area contributed by atoms with E-state index in [0.717, 1.165) is 39.0 Å². The summed E-state index contributed by atoms with van der Waals surface area (Å²) in [6.07, 6.45) is 6.56. The van der Waals surface area contributed by atoms with Gasteiger partial charge in [-0.15, -0.1) is 0 Å². The van der Waals surface area contributed by atoms with Crippen LogP contribution in [0.4, 0.5) is 0 Å². The van der Waals surface area contributed by atoms with Crippen molar-refractivity contribution in [1.82, 2.24) is 9.80 Å². The predicted molar refractivity (Wildman–Crippen MR) is 84.5 cm³/mol. The molecule has 1 rings (SSSR count). The molecule has 0 unspecified atom stereocenters. The average molecular weight is 283 g/mol. The van der Waals surface area contributed by atoms with Crippen molar-refractivity contribution in [3.05, 3.63) is 0 Å². The molecule has 1 saturated carbocycles. The van der Waals surface area contributed by atoms with Gasteiger partial charge in [-0.25, -0.2) is 0 Å². The van der Waals surface area contributed by atoms with Crippen LogP contribution in [-0.4, -0.2) is 56.0 Å². The Morgan fingerprint density at radius 2 is 1.65 bits per heavy atom. The monoisotopic (exact) mass is 283 g/mol. The summed E-state index contributed by atoms with van der Waals surface area (Å²) in [5.74, 6) is 1.63. The fraction of sp³-hybridized carbons (Fsp3) is 0.938. The lowest BCUT2D eigenvalue weighted by Gasteiger charge is -2.30. The SMILES string of the molecule is CCCN(CCN(C)C)C(=O)CC1CCC(CN)CC1. The zero-order valence-corrected chi connectivity index (χ0v) is 13.6. The smallest absolute Gasteiger partial charge is 0.222 e. The molecule has 4 nitrogen and oxygen atoms in total. The second-order valence-corrected chi connectivity index (χ2v) is 6.51. The molecular weight excluding hydrogens is 250 g/mol. The predicted octanol–water partition coefficient (Wildman–Crippen LogP) is 1.94. The molecule has 0 radical (unpaired) electrons. The molecular formula is C16H33N3O. The molecule has 0 aromatic heterocycles. The number of hydrogen-bond acceptors (Lipinski definition) is 3. The van der Waals surface area contributed by atoms with E-state index in [0.29, 0.717) is 17.7 Å². The largest absolute Gasteiger partial charge is 0.341 e. The van der Waals surface area contributed by atoms with Gasteiger partial charge in [-0.2, -0.15) is 0 Å². The van der Waals surface area contributed by atoms with Crippen molar-refractivity contribution >= 4 is 5.91 Å². The number of hydrogen-bond donors (Lipinski definition) is 1. The van der Waals surface area contributed by atoms with Gasteiger partial charge in [0.05, 0.1) is 0 Å². The lowest BCUT2D eigenvalue weighted by atomic mass is 9.80. The first-order valence-electron chi connectivity index (χ1n) is 8.19. The number of nitrogens with two attached hydrogens (primary N) is 1. The van der Waals surface area contributed by atoms with Gasteiger partial charge in [0.15, 0.2) is 0 Å². The normalized spacial score (nSPS) is 23.1. The number of rotatable bonds is 8. The molecule has 0 atom stereocenters. The number of carbonyl (C=O) groups is 1. The topological polar surface area (TPSA) is 49.6 Å². The van der Waals surface area contributed by atoms with Crippen molar-refractivity contribution in [1.29, 1.82) is 0 Å². The van der Waals surface area contributed by atoms with E-state index in [1.54, 1.807) is 0 Å². The summed E-state index contributed by atoms with van der Waals surface area (Å²) in [5, 5.41) is 0. The minimum absolute atomic E-state index is 0.352. The quantitative estimate of drug-likeness (QED) is 0.740. The Labute approximate surface area is 124 Å². The molecule has 0 spiro atoms. The van der Waals surface area contributed by atoms with Crippen LogP contribution in [0.5, 0.6) is 0 Å². The van der Waals surface area contributed by atoms with Gasteiger partial charge < -0.3 is 15.5 Å². The van der Waals surface area contributed by atoms with Gasteiger partial charge in [-0.3, -0.25) is 4.79 Å². The molecule has 20 heavy (non-hydrogen) atoms. The minimum Gasteiger partial charge on any atom is -0.341 e. The highest BCUT2D eigenvalue weighted by Gasteiger charge is 2.24. The van der Waals surface area contributed by atoms with Crippen LogP contribution in [0.15, 0.2) is 0 Å². The summed E-state index contributed by atoms with van der Waals surface area (Å²) >= 11 is 0. The maximum absolute atomic E-state index is 12.4. The molecule has 1 aliphatic rings. The minimum atomic E-state index is 0.352. The maximum atomic E-state index is 12.4. The molecule has 0 aliphatic heterocycles. The summed E-state index contributed by atoms with van der Waals surface area (Å²) in [7, 11) is 4.12. The van der Waals surface area contributed by atoms with Crippen molar-refractivity contribution in [2.45, 2.75) is 45.4 Å².